The molecule has 0 radical (unpaired) electrons. The molecule has 3 aliphatic heterocycles. The molecule has 4 rings (SSSR count). The van der Waals surface area contributed by atoms with Gasteiger partial charge in [0.05, 0.1) is 35.3 Å². The Morgan fingerprint density at radius 2 is 2.00 bits per heavy atom. The number of nitro benzene ring substituents is 1. The number of nitro groups is 1. The van der Waals surface area contributed by atoms with Crippen molar-refractivity contribution in [2.45, 2.75) is 26.3 Å². The summed E-state index contributed by atoms with van der Waals surface area (Å²) in [7, 11) is 2.03. The van der Waals surface area contributed by atoms with Crippen LogP contribution < -0.4 is 0 Å². The van der Waals surface area contributed by atoms with Crippen LogP contribution in [0.5, 0.6) is 0 Å². The van der Waals surface area contributed by atoms with Gasteiger partial charge in [0.2, 0.25) is 5.91 Å². The maximum Gasteiger partial charge on any atom is 0.338 e. The summed E-state index contributed by atoms with van der Waals surface area (Å²) < 4.78 is 5.32. The van der Waals surface area contributed by atoms with Crippen LogP contribution >= 0.6 is 11.8 Å². The Bertz CT molecular complexity index is 1110. The SMILES string of the molecule is CCOC(=O)C1=C(C)N=C2SC=C(CC(=O)N3CCN(C)CC3)N2[C@@H]1c1cccc([N+](=O)[O-])c1. The monoisotopic (exact) mass is 485 g/mol. The van der Waals surface area contributed by atoms with Crippen LogP contribution in [0.15, 0.2) is 51.6 Å². The highest BCUT2D eigenvalue weighted by Gasteiger charge is 2.41. The molecule has 1 fully saturated rings. The van der Waals surface area contributed by atoms with E-state index in [1.807, 2.05) is 22.3 Å². The minimum Gasteiger partial charge on any atom is -0.463 e. The van der Waals surface area contributed by atoms with Crippen molar-refractivity contribution in [2.24, 2.45) is 4.99 Å². The third-order valence-corrected chi connectivity index (χ3v) is 6.97. The average molecular weight is 486 g/mol. The van der Waals surface area contributed by atoms with E-state index in [-0.39, 0.29) is 24.6 Å². The lowest BCUT2D eigenvalue weighted by Crippen LogP contribution is -2.47. The first-order valence-electron chi connectivity index (χ1n) is 11.1. The quantitative estimate of drug-likeness (QED) is 0.344. The summed E-state index contributed by atoms with van der Waals surface area (Å²) in [5.74, 6) is -0.524. The number of carbonyl (C=O) groups is 2. The van der Waals surface area contributed by atoms with E-state index in [0.717, 1.165) is 13.1 Å². The summed E-state index contributed by atoms with van der Waals surface area (Å²) in [6.07, 6.45) is 0.149. The Morgan fingerprint density at radius 1 is 1.26 bits per heavy atom. The molecule has 0 aromatic heterocycles. The molecule has 0 spiro atoms. The minimum atomic E-state index is -0.687. The predicted octanol–water partition coefficient (Wildman–Crippen LogP) is 2.90. The number of benzene rings is 1. The summed E-state index contributed by atoms with van der Waals surface area (Å²) >= 11 is 1.38. The zero-order valence-electron chi connectivity index (χ0n) is 19.4. The Morgan fingerprint density at radius 3 is 2.68 bits per heavy atom. The number of nitrogens with zero attached hydrogens (tertiary/aromatic N) is 5. The molecule has 1 saturated heterocycles. The fraction of sp³-hybridized carbons (Fsp3) is 0.435. The Hall–Kier alpha value is -3.18. The molecule has 3 aliphatic rings. The second kappa shape index (κ2) is 9.98. The van der Waals surface area contributed by atoms with Crippen molar-refractivity contribution in [2.75, 3.05) is 39.8 Å². The van der Waals surface area contributed by atoms with Gasteiger partial charge in [-0.15, -0.1) is 0 Å². The van der Waals surface area contributed by atoms with Gasteiger partial charge < -0.3 is 19.4 Å². The lowest BCUT2D eigenvalue weighted by atomic mass is 9.93. The van der Waals surface area contributed by atoms with E-state index in [2.05, 4.69) is 9.89 Å². The molecule has 0 unspecified atom stereocenters. The van der Waals surface area contributed by atoms with Crippen LogP contribution in [0, 0.1) is 10.1 Å². The van der Waals surface area contributed by atoms with E-state index in [1.54, 1.807) is 26.0 Å². The van der Waals surface area contributed by atoms with Gasteiger partial charge in [0.15, 0.2) is 5.17 Å². The van der Waals surface area contributed by atoms with Crippen molar-refractivity contribution in [1.29, 1.82) is 0 Å². The highest BCUT2D eigenvalue weighted by atomic mass is 32.2. The third-order valence-electron chi connectivity index (χ3n) is 6.08. The van der Waals surface area contributed by atoms with Crippen LogP contribution in [0.2, 0.25) is 0 Å². The van der Waals surface area contributed by atoms with E-state index in [4.69, 9.17) is 4.74 Å². The maximum absolute atomic E-state index is 13.1. The molecule has 0 saturated carbocycles. The van der Waals surface area contributed by atoms with Gasteiger partial charge in [-0.3, -0.25) is 14.9 Å². The highest BCUT2D eigenvalue weighted by Crippen LogP contribution is 2.45. The molecule has 1 amide bonds. The number of allylic oxidation sites excluding steroid dienone is 1. The van der Waals surface area contributed by atoms with Gasteiger partial charge in [0.25, 0.3) is 5.69 Å². The molecule has 0 aliphatic carbocycles. The summed E-state index contributed by atoms with van der Waals surface area (Å²) in [6, 6.07) is 5.53. The van der Waals surface area contributed by atoms with Crippen molar-refractivity contribution < 1.29 is 19.2 Å². The topological polar surface area (TPSA) is 109 Å². The van der Waals surface area contributed by atoms with Crippen LogP contribution in [0.25, 0.3) is 0 Å². The minimum absolute atomic E-state index is 0.00273. The first-order valence-corrected chi connectivity index (χ1v) is 12.0. The van der Waals surface area contributed by atoms with Crippen molar-refractivity contribution in [3.8, 4) is 0 Å². The number of amides is 1. The lowest BCUT2D eigenvalue weighted by molar-refractivity contribution is -0.384. The predicted molar refractivity (Wildman–Crippen MR) is 129 cm³/mol. The van der Waals surface area contributed by atoms with E-state index in [9.17, 15) is 19.7 Å². The number of hydrogen-bond donors (Lipinski definition) is 0. The molecule has 10 nitrogen and oxygen atoms in total. The Labute approximate surface area is 202 Å². The number of thioether (sulfide) groups is 1. The molecule has 34 heavy (non-hydrogen) atoms. The number of rotatable bonds is 6. The summed E-state index contributed by atoms with van der Waals surface area (Å²) in [5, 5.41) is 14.0. The summed E-state index contributed by atoms with van der Waals surface area (Å²) in [6.45, 7) is 6.61. The molecular formula is C23H27N5O5S. The molecule has 11 heteroatoms. The molecule has 3 heterocycles. The van der Waals surface area contributed by atoms with E-state index >= 15 is 0 Å². The number of piperazine rings is 1. The zero-order chi connectivity index (χ0) is 24.4. The van der Waals surface area contributed by atoms with Gasteiger partial charge in [-0.05, 0) is 31.9 Å². The number of likely N-dealkylation sites (N-methyl/N-ethyl adjacent to an activating group) is 1. The molecule has 0 bridgehead atoms. The Kier molecular flexibility index (Phi) is 7.03. The normalized spacial score (nSPS) is 20.6. The largest absolute Gasteiger partial charge is 0.463 e. The molecule has 1 aromatic rings. The number of amidine groups is 1. The van der Waals surface area contributed by atoms with Gasteiger partial charge in [0.1, 0.15) is 0 Å². The number of fused-ring (bicyclic) bond motifs is 1. The van der Waals surface area contributed by atoms with Crippen molar-refractivity contribution >= 4 is 34.5 Å². The number of hydrogen-bond acceptors (Lipinski definition) is 9. The molecule has 1 atom stereocenters. The molecule has 1 aromatic carbocycles. The van der Waals surface area contributed by atoms with E-state index < -0.39 is 16.9 Å². The number of carbonyl (C=O) groups excluding carboxylic acids is 2. The van der Waals surface area contributed by atoms with Gasteiger partial charge in [0, 0.05) is 44.0 Å². The van der Waals surface area contributed by atoms with Gasteiger partial charge in [-0.2, -0.15) is 0 Å². The average Bonchev–Trinajstić information content (AvgIpc) is 3.20. The number of esters is 1. The smallest absolute Gasteiger partial charge is 0.338 e. The first kappa shape index (κ1) is 24.0. The maximum atomic E-state index is 13.1. The second-order valence-electron chi connectivity index (χ2n) is 8.33. The Balaban J connectivity index is 1.70. The highest BCUT2D eigenvalue weighted by molar-refractivity contribution is 8.16. The van der Waals surface area contributed by atoms with E-state index in [1.165, 1.54) is 23.9 Å². The zero-order valence-corrected chi connectivity index (χ0v) is 20.2. The number of non-ortho nitro benzene ring substituents is 1. The standard InChI is InChI=1S/C23H27N5O5S/c1-4-33-22(30)20-15(2)24-23-27(21(20)16-6-5-7-17(12-16)28(31)32)18(14-34-23)13-19(29)26-10-8-25(3)9-11-26/h5-7,12,14,21H,4,8-11,13H2,1-3H3/t21-/m1/s1. The van der Waals surface area contributed by atoms with Gasteiger partial charge in [-0.25, -0.2) is 9.79 Å². The van der Waals surface area contributed by atoms with E-state index in [0.29, 0.717) is 40.8 Å². The van der Waals surface area contributed by atoms with Crippen molar-refractivity contribution in [3.05, 3.63) is 62.3 Å². The van der Waals surface area contributed by atoms with Crippen LogP contribution in [-0.2, 0) is 14.3 Å². The lowest BCUT2D eigenvalue weighted by Gasteiger charge is -2.37. The fourth-order valence-corrected chi connectivity index (χ4v) is 5.25. The number of ether oxygens (including phenoxy) is 1. The summed E-state index contributed by atoms with van der Waals surface area (Å²) in [5.41, 5.74) is 2.00. The molecule has 180 valence electrons. The van der Waals surface area contributed by atoms with Gasteiger partial charge >= 0.3 is 5.97 Å². The third kappa shape index (κ3) is 4.71. The van der Waals surface area contributed by atoms with Crippen LogP contribution in [-0.4, -0.2) is 76.5 Å². The van der Waals surface area contributed by atoms with Crippen molar-refractivity contribution in [1.82, 2.24) is 14.7 Å². The van der Waals surface area contributed by atoms with Crippen LogP contribution in [0.1, 0.15) is 31.9 Å². The second-order valence-corrected chi connectivity index (χ2v) is 9.16. The number of aliphatic imine (C=N–C) groups is 1. The fourth-order valence-electron chi connectivity index (χ4n) is 4.29. The van der Waals surface area contributed by atoms with Gasteiger partial charge in [-0.1, -0.05) is 23.9 Å². The molecular weight excluding hydrogens is 458 g/mol. The summed E-state index contributed by atoms with van der Waals surface area (Å²) in [4.78, 5) is 47.6. The molecule has 0 N–H and O–H groups in total. The van der Waals surface area contributed by atoms with Crippen LogP contribution in [0.4, 0.5) is 5.69 Å². The van der Waals surface area contributed by atoms with Crippen molar-refractivity contribution in [3.63, 3.8) is 0 Å². The van der Waals surface area contributed by atoms with Crippen LogP contribution in [0.3, 0.4) is 0 Å². The first-order chi connectivity index (χ1) is 16.3.